The molecule has 0 aliphatic carbocycles. The van der Waals surface area contributed by atoms with Crippen molar-refractivity contribution in [3.63, 3.8) is 0 Å². The molecule has 0 saturated carbocycles. The molecule has 92 valence electrons. The molecule has 0 bridgehead atoms. The molecule has 1 spiro atoms. The van der Waals surface area contributed by atoms with Gasteiger partial charge in [-0.25, -0.2) is 9.18 Å². The third-order valence-electron chi connectivity index (χ3n) is 2.95. The van der Waals surface area contributed by atoms with Gasteiger partial charge in [0.2, 0.25) is 0 Å². The van der Waals surface area contributed by atoms with Crippen molar-refractivity contribution in [1.82, 2.24) is 10.2 Å². The third kappa shape index (κ3) is 2.29. The molecule has 0 aromatic rings. The largest absolute Gasteiger partial charge is 0.444 e. The van der Waals surface area contributed by atoms with Crippen molar-refractivity contribution in [2.45, 2.75) is 44.5 Å². The number of nitrogens with zero attached hydrogens (tertiary/aromatic N) is 1. The van der Waals surface area contributed by atoms with Gasteiger partial charge >= 0.3 is 6.09 Å². The summed E-state index contributed by atoms with van der Waals surface area (Å²) in [5.41, 5.74) is -0.651. The molecule has 1 atom stereocenters. The van der Waals surface area contributed by atoms with Crippen LogP contribution in [0, 0.1) is 0 Å². The van der Waals surface area contributed by atoms with Crippen molar-refractivity contribution in [1.29, 1.82) is 0 Å². The molecule has 4 nitrogen and oxygen atoms in total. The highest BCUT2D eigenvalue weighted by Gasteiger charge is 2.50. The van der Waals surface area contributed by atoms with E-state index in [2.05, 4.69) is 5.32 Å². The van der Waals surface area contributed by atoms with Crippen molar-refractivity contribution in [2.24, 2.45) is 0 Å². The Bertz CT molecular complexity index is 295. The van der Waals surface area contributed by atoms with Crippen LogP contribution in [0.3, 0.4) is 0 Å². The number of nitrogens with one attached hydrogen (secondary N) is 1. The molecule has 16 heavy (non-hydrogen) atoms. The summed E-state index contributed by atoms with van der Waals surface area (Å²) in [5, 5.41) is 3.14. The summed E-state index contributed by atoms with van der Waals surface area (Å²) in [4.78, 5) is 13.3. The number of hydrogen-bond donors (Lipinski definition) is 1. The first-order valence-electron chi connectivity index (χ1n) is 5.67. The second-order valence-corrected chi connectivity index (χ2v) is 5.80. The lowest BCUT2D eigenvalue weighted by molar-refractivity contribution is -0.0132. The van der Waals surface area contributed by atoms with Crippen LogP contribution in [0.15, 0.2) is 0 Å². The van der Waals surface area contributed by atoms with E-state index in [1.807, 2.05) is 20.8 Å². The zero-order valence-corrected chi connectivity index (χ0v) is 10.0. The SMILES string of the molecule is CC(C)(C)OC(=O)N1CC2(CC(F)CN2)C1. The summed E-state index contributed by atoms with van der Waals surface area (Å²) in [6.45, 7) is 7.04. The Morgan fingerprint density at radius 1 is 1.50 bits per heavy atom. The van der Waals surface area contributed by atoms with E-state index in [0.29, 0.717) is 26.1 Å². The van der Waals surface area contributed by atoms with Gasteiger partial charge in [-0.2, -0.15) is 0 Å². The highest BCUT2D eigenvalue weighted by atomic mass is 19.1. The minimum absolute atomic E-state index is 0.184. The fraction of sp³-hybridized carbons (Fsp3) is 0.909. The van der Waals surface area contributed by atoms with Gasteiger partial charge in [-0.05, 0) is 20.8 Å². The van der Waals surface area contributed by atoms with E-state index >= 15 is 0 Å². The molecule has 5 heteroatoms. The number of carbonyl (C=O) groups is 1. The van der Waals surface area contributed by atoms with E-state index < -0.39 is 11.8 Å². The van der Waals surface area contributed by atoms with E-state index in [0.717, 1.165) is 0 Å². The van der Waals surface area contributed by atoms with Gasteiger partial charge in [0.05, 0.1) is 5.54 Å². The quantitative estimate of drug-likeness (QED) is 0.682. The highest BCUT2D eigenvalue weighted by Crippen LogP contribution is 2.32. The average Bonchev–Trinajstić information content (AvgIpc) is 2.41. The number of halogens is 1. The molecule has 0 aromatic heterocycles. The Balaban J connectivity index is 1.82. The first-order valence-corrected chi connectivity index (χ1v) is 5.67. The number of rotatable bonds is 0. The average molecular weight is 230 g/mol. The number of alkyl halides is 1. The molecule has 2 saturated heterocycles. The predicted molar refractivity (Wildman–Crippen MR) is 58.1 cm³/mol. The lowest BCUT2D eigenvalue weighted by atomic mass is 9.88. The lowest BCUT2D eigenvalue weighted by Gasteiger charge is -2.47. The van der Waals surface area contributed by atoms with Gasteiger partial charge in [-0.3, -0.25) is 0 Å². The third-order valence-corrected chi connectivity index (χ3v) is 2.95. The van der Waals surface area contributed by atoms with Crippen LogP contribution < -0.4 is 5.32 Å². The van der Waals surface area contributed by atoms with Crippen molar-refractivity contribution >= 4 is 6.09 Å². The Hall–Kier alpha value is -0.840. The monoisotopic (exact) mass is 230 g/mol. The maximum Gasteiger partial charge on any atom is 0.410 e. The smallest absolute Gasteiger partial charge is 0.410 e. The molecule has 1 amide bonds. The first kappa shape index (κ1) is 11.6. The molecule has 2 heterocycles. The van der Waals surface area contributed by atoms with Crippen LogP contribution in [-0.4, -0.2) is 47.9 Å². The summed E-state index contributed by atoms with van der Waals surface area (Å²) in [6.07, 6.45) is -0.574. The summed E-state index contributed by atoms with van der Waals surface area (Å²) < 4.78 is 18.3. The van der Waals surface area contributed by atoms with E-state index in [1.165, 1.54) is 0 Å². The van der Waals surface area contributed by atoms with Gasteiger partial charge in [0, 0.05) is 26.1 Å². The fourth-order valence-corrected chi connectivity index (χ4v) is 2.28. The molecule has 1 N–H and O–H groups in total. The summed E-state index contributed by atoms with van der Waals surface area (Å²) >= 11 is 0. The van der Waals surface area contributed by atoms with Crippen LogP contribution in [0.1, 0.15) is 27.2 Å². The normalized spacial score (nSPS) is 28.0. The van der Waals surface area contributed by atoms with Gasteiger partial charge in [0.25, 0.3) is 0 Å². The Labute approximate surface area is 95.1 Å². The number of ether oxygens (including phenoxy) is 1. The van der Waals surface area contributed by atoms with Gasteiger partial charge in [0.1, 0.15) is 11.8 Å². The number of amides is 1. The second kappa shape index (κ2) is 3.58. The van der Waals surface area contributed by atoms with E-state index in [1.54, 1.807) is 4.90 Å². The maximum absolute atomic E-state index is 13.0. The van der Waals surface area contributed by atoms with Crippen LogP contribution in [0.5, 0.6) is 0 Å². The molecular weight excluding hydrogens is 211 g/mol. The van der Waals surface area contributed by atoms with Crippen molar-refractivity contribution in [2.75, 3.05) is 19.6 Å². The van der Waals surface area contributed by atoms with Crippen molar-refractivity contribution < 1.29 is 13.9 Å². The number of hydrogen-bond acceptors (Lipinski definition) is 3. The molecular formula is C11H19FN2O2. The zero-order chi connectivity index (χ0) is 12.0. The topological polar surface area (TPSA) is 41.6 Å². The summed E-state index contributed by atoms with van der Waals surface area (Å²) in [5.74, 6) is 0. The lowest BCUT2D eigenvalue weighted by Crippen LogP contribution is -2.68. The van der Waals surface area contributed by atoms with E-state index in [-0.39, 0.29) is 11.6 Å². The van der Waals surface area contributed by atoms with Crippen LogP contribution in [0.4, 0.5) is 9.18 Å². The Morgan fingerprint density at radius 3 is 2.56 bits per heavy atom. The summed E-state index contributed by atoms with van der Waals surface area (Å²) in [7, 11) is 0. The Kier molecular flexibility index (Phi) is 2.61. The van der Waals surface area contributed by atoms with Crippen molar-refractivity contribution in [3.8, 4) is 0 Å². The van der Waals surface area contributed by atoms with Gasteiger partial charge in [-0.15, -0.1) is 0 Å². The molecule has 1 unspecified atom stereocenters. The summed E-state index contributed by atoms with van der Waals surface area (Å²) in [6, 6.07) is 0. The van der Waals surface area contributed by atoms with Gasteiger partial charge < -0.3 is 15.0 Å². The van der Waals surface area contributed by atoms with Crippen molar-refractivity contribution in [3.05, 3.63) is 0 Å². The standard InChI is InChI=1S/C11H19FN2O2/c1-10(2,3)16-9(15)14-6-11(7-14)4-8(12)5-13-11/h8,13H,4-7H2,1-3H3. The molecule has 2 fully saturated rings. The second-order valence-electron chi connectivity index (χ2n) is 5.80. The maximum atomic E-state index is 13.0. The number of carbonyl (C=O) groups excluding carboxylic acids is 1. The van der Waals surface area contributed by atoms with Crippen LogP contribution in [0.25, 0.3) is 0 Å². The predicted octanol–water partition coefficient (Wildman–Crippen LogP) is 1.31. The molecule has 2 aliphatic heterocycles. The molecule has 0 aromatic carbocycles. The van der Waals surface area contributed by atoms with Gasteiger partial charge in [-0.1, -0.05) is 0 Å². The first-order chi connectivity index (χ1) is 7.30. The minimum Gasteiger partial charge on any atom is -0.444 e. The highest BCUT2D eigenvalue weighted by molar-refractivity contribution is 5.69. The van der Waals surface area contributed by atoms with E-state index in [9.17, 15) is 9.18 Å². The molecule has 2 aliphatic rings. The minimum atomic E-state index is -0.777. The number of likely N-dealkylation sites (tertiary alicyclic amines) is 1. The van der Waals surface area contributed by atoms with Crippen LogP contribution >= 0.6 is 0 Å². The molecule has 0 radical (unpaired) electrons. The van der Waals surface area contributed by atoms with Crippen LogP contribution in [0.2, 0.25) is 0 Å². The van der Waals surface area contributed by atoms with Crippen LogP contribution in [-0.2, 0) is 4.74 Å². The zero-order valence-electron chi connectivity index (χ0n) is 10.0. The fourth-order valence-electron chi connectivity index (χ4n) is 2.28. The molecule has 2 rings (SSSR count). The van der Waals surface area contributed by atoms with E-state index in [4.69, 9.17) is 4.74 Å². The van der Waals surface area contributed by atoms with Gasteiger partial charge in [0.15, 0.2) is 0 Å². The Morgan fingerprint density at radius 2 is 2.12 bits per heavy atom.